The van der Waals surface area contributed by atoms with E-state index in [1.165, 1.54) is 23.3 Å². The predicted molar refractivity (Wildman–Crippen MR) is 121 cm³/mol. The predicted octanol–water partition coefficient (Wildman–Crippen LogP) is 7.38. The molecule has 1 atom stereocenters. The minimum Gasteiger partial charge on any atom is -0.206 e. The molecule has 0 saturated heterocycles. The molecule has 0 amide bonds. The van der Waals surface area contributed by atoms with Crippen LogP contribution in [0.3, 0.4) is 0 Å². The van der Waals surface area contributed by atoms with E-state index in [9.17, 15) is 4.39 Å². The minimum absolute atomic E-state index is 0.0667. The van der Waals surface area contributed by atoms with Crippen LogP contribution in [-0.4, -0.2) is 0 Å². The summed E-state index contributed by atoms with van der Waals surface area (Å²) in [7, 11) is 0. The molecular weight excluding hydrogens is 369 g/mol. The summed E-state index contributed by atoms with van der Waals surface area (Å²) in [6.45, 7) is 2.26. The van der Waals surface area contributed by atoms with E-state index in [1.54, 1.807) is 6.07 Å². The van der Waals surface area contributed by atoms with Crippen LogP contribution in [0.5, 0.6) is 0 Å². The van der Waals surface area contributed by atoms with Crippen molar-refractivity contribution in [2.75, 3.05) is 0 Å². The molecule has 0 radical (unpaired) electrons. The highest BCUT2D eigenvalue weighted by molar-refractivity contribution is 5.71. The summed E-state index contributed by atoms with van der Waals surface area (Å²) in [5, 5.41) is 8.88. The summed E-state index contributed by atoms with van der Waals surface area (Å²) >= 11 is 0. The van der Waals surface area contributed by atoms with Gasteiger partial charge in [0.05, 0.1) is 5.56 Å². The summed E-state index contributed by atoms with van der Waals surface area (Å²) in [6.07, 6.45) is 1.01. The van der Waals surface area contributed by atoms with E-state index in [-0.39, 0.29) is 5.56 Å². The SMILES string of the molecule is C[C@@H](Cc1ccc(-c2ccc(-c3ccc(C#N)c(F)c3)cc2)cc1)c1ccccc1. The second kappa shape index (κ2) is 8.76. The van der Waals surface area contributed by atoms with Crippen LogP contribution in [0.1, 0.15) is 29.5 Å². The Labute approximate surface area is 177 Å². The van der Waals surface area contributed by atoms with Gasteiger partial charge in [0, 0.05) is 0 Å². The zero-order valence-electron chi connectivity index (χ0n) is 16.8. The van der Waals surface area contributed by atoms with E-state index in [0.717, 1.165) is 28.7 Å². The lowest BCUT2D eigenvalue weighted by Crippen LogP contribution is -1.98. The van der Waals surface area contributed by atoms with Crippen molar-refractivity contribution >= 4 is 0 Å². The van der Waals surface area contributed by atoms with Crippen LogP contribution >= 0.6 is 0 Å². The van der Waals surface area contributed by atoms with Gasteiger partial charge < -0.3 is 0 Å². The highest BCUT2D eigenvalue weighted by atomic mass is 19.1. The first-order valence-corrected chi connectivity index (χ1v) is 10.1. The third kappa shape index (κ3) is 4.31. The van der Waals surface area contributed by atoms with Gasteiger partial charge in [-0.3, -0.25) is 0 Å². The maximum atomic E-state index is 13.9. The summed E-state index contributed by atoms with van der Waals surface area (Å²) in [6, 6.07) is 33.9. The Balaban J connectivity index is 1.48. The first-order chi connectivity index (χ1) is 14.6. The second-order valence-electron chi connectivity index (χ2n) is 7.60. The summed E-state index contributed by atoms with van der Waals surface area (Å²) in [5.74, 6) is -0.0106. The molecule has 4 aromatic carbocycles. The van der Waals surface area contributed by atoms with E-state index < -0.39 is 5.82 Å². The van der Waals surface area contributed by atoms with Crippen LogP contribution in [0.15, 0.2) is 97.1 Å². The quantitative estimate of drug-likeness (QED) is 0.348. The average Bonchev–Trinajstić information content (AvgIpc) is 2.80. The lowest BCUT2D eigenvalue weighted by molar-refractivity contribution is 0.624. The molecule has 4 rings (SSSR count). The van der Waals surface area contributed by atoms with Crippen molar-refractivity contribution < 1.29 is 4.39 Å². The van der Waals surface area contributed by atoms with E-state index >= 15 is 0 Å². The van der Waals surface area contributed by atoms with Gasteiger partial charge >= 0.3 is 0 Å². The molecule has 0 aromatic heterocycles. The molecule has 0 aliphatic heterocycles. The second-order valence-corrected chi connectivity index (χ2v) is 7.60. The molecule has 0 aliphatic rings. The van der Waals surface area contributed by atoms with Crippen LogP contribution in [-0.2, 0) is 6.42 Å². The van der Waals surface area contributed by atoms with Gasteiger partial charge in [-0.2, -0.15) is 5.26 Å². The molecule has 0 unspecified atom stereocenters. The van der Waals surface area contributed by atoms with Crippen molar-refractivity contribution in [3.05, 3.63) is 120 Å². The van der Waals surface area contributed by atoms with E-state index in [0.29, 0.717) is 5.92 Å². The van der Waals surface area contributed by atoms with E-state index in [4.69, 9.17) is 5.26 Å². The Morgan fingerprint density at radius 1 is 0.733 bits per heavy atom. The van der Waals surface area contributed by atoms with E-state index in [1.807, 2.05) is 36.4 Å². The van der Waals surface area contributed by atoms with Gasteiger partial charge in [-0.1, -0.05) is 91.9 Å². The van der Waals surface area contributed by atoms with Gasteiger partial charge in [-0.05, 0) is 57.9 Å². The molecule has 0 aliphatic carbocycles. The molecule has 4 aromatic rings. The Morgan fingerprint density at radius 2 is 1.27 bits per heavy atom. The number of halogens is 1. The molecule has 2 heteroatoms. The first kappa shape index (κ1) is 19.6. The third-order valence-corrected chi connectivity index (χ3v) is 5.51. The summed E-state index contributed by atoms with van der Waals surface area (Å²) in [5.41, 5.74) is 6.71. The molecule has 146 valence electrons. The van der Waals surface area contributed by atoms with Crippen molar-refractivity contribution in [2.24, 2.45) is 0 Å². The van der Waals surface area contributed by atoms with Crippen molar-refractivity contribution in [3.8, 4) is 28.3 Å². The number of nitrogens with zero attached hydrogens (tertiary/aromatic N) is 1. The van der Waals surface area contributed by atoms with Crippen molar-refractivity contribution in [1.29, 1.82) is 5.26 Å². The molecule has 0 spiro atoms. The molecule has 0 saturated carbocycles. The summed E-state index contributed by atoms with van der Waals surface area (Å²) in [4.78, 5) is 0. The van der Waals surface area contributed by atoms with Crippen LogP contribution in [0.25, 0.3) is 22.3 Å². The van der Waals surface area contributed by atoms with Gasteiger partial charge in [0.15, 0.2) is 0 Å². The van der Waals surface area contributed by atoms with Crippen LogP contribution in [0, 0.1) is 17.1 Å². The molecular formula is C28H22FN. The highest BCUT2D eigenvalue weighted by Crippen LogP contribution is 2.27. The molecule has 0 N–H and O–H groups in total. The van der Waals surface area contributed by atoms with Crippen molar-refractivity contribution in [2.45, 2.75) is 19.3 Å². The fourth-order valence-electron chi connectivity index (χ4n) is 3.73. The fourth-order valence-corrected chi connectivity index (χ4v) is 3.73. The van der Waals surface area contributed by atoms with Gasteiger partial charge in [0.2, 0.25) is 0 Å². The molecule has 30 heavy (non-hydrogen) atoms. The lowest BCUT2D eigenvalue weighted by atomic mass is 9.92. The zero-order valence-corrected chi connectivity index (χ0v) is 16.8. The molecule has 0 fully saturated rings. The number of rotatable bonds is 5. The number of nitriles is 1. The van der Waals surface area contributed by atoms with Crippen molar-refractivity contribution in [3.63, 3.8) is 0 Å². The Kier molecular flexibility index (Phi) is 5.72. The number of hydrogen-bond acceptors (Lipinski definition) is 1. The molecule has 0 bridgehead atoms. The zero-order chi connectivity index (χ0) is 20.9. The number of hydrogen-bond donors (Lipinski definition) is 0. The van der Waals surface area contributed by atoms with Crippen molar-refractivity contribution in [1.82, 2.24) is 0 Å². The maximum Gasteiger partial charge on any atom is 0.141 e. The van der Waals surface area contributed by atoms with Crippen LogP contribution in [0.2, 0.25) is 0 Å². The third-order valence-electron chi connectivity index (χ3n) is 5.51. The largest absolute Gasteiger partial charge is 0.206 e. The van der Waals surface area contributed by atoms with Gasteiger partial charge in [-0.25, -0.2) is 4.39 Å². The Morgan fingerprint density at radius 3 is 1.83 bits per heavy atom. The molecule has 1 nitrogen and oxygen atoms in total. The van der Waals surface area contributed by atoms with Crippen LogP contribution in [0.4, 0.5) is 4.39 Å². The molecule has 0 heterocycles. The van der Waals surface area contributed by atoms with Gasteiger partial charge in [0.1, 0.15) is 11.9 Å². The fraction of sp³-hybridized carbons (Fsp3) is 0.107. The smallest absolute Gasteiger partial charge is 0.141 e. The monoisotopic (exact) mass is 391 g/mol. The number of benzene rings is 4. The normalized spacial score (nSPS) is 11.6. The van der Waals surface area contributed by atoms with Crippen LogP contribution < -0.4 is 0 Å². The topological polar surface area (TPSA) is 23.8 Å². The maximum absolute atomic E-state index is 13.9. The summed E-state index contributed by atoms with van der Waals surface area (Å²) < 4.78 is 13.9. The standard InChI is InChI=1S/C28H22FN/c1-20(22-5-3-2-4-6-22)17-21-7-9-23(10-8-21)24-11-13-25(14-12-24)26-15-16-27(19-30)28(29)18-26/h2-16,18,20H,17H2,1H3/t20-/m0/s1. The minimum atomic E-state index is -0.487. The Bertz CT molecular complexity index is 1170. The average molecular weight is 391 g/mol. The Hall–Kier alpha value is -3.70. The van der Waals surface area contributed by atoms with Gasteiger partial charge in [0.25, 0.3) is 0 Å². The van der Waals surface area contributed by atoms with E-state index in [2.05, 4.69) is 55.5 Å². The van der Waals surface area contributed by atoms with Gasteiger partial charge in [-0.15, -0.1) is 0 Å². The first-order valence-electron chi connectivity index (χ1n) is 10.1. The lowest BCUT2D eigenvalue weighted by Gasteiger charge is -2.12. The highest BCUT2D eigenvalue weighted by Gasteiger charge is 2.08.